The number of benzene rings is 2. The minimum absolute atomic E-state index is 0.141. The zero-order valence-corrected chi connectivity index (χ0v) is 12.9. The summed E-state index contributed by atoms with van der Waals surface area (Å²) in [7, 11) is 0. The Morgan fingerprint density at radius 3 is 2.65 bits per heavy atom. The highest BCUT2D eigenvalue weighted by molar-refractivity contribution is 5.87. The Morgan fingerprint density at radius 2 is 1.91 bits per heavy atom. The summed E-state index contributed by atoms with van der Waals surface area (Å²) < 4.78 is 11.1. The van der Waals surface area contributed by atoms with E-state index in [-0.39, 0.29) is 5.75 Å². The van der Waals surface area contributed by atoms with E-state index in [9.17, 15) is 9.90 Å². The molecule has 0 fully saturated rings. The molecule has 4 heteroatoms. The highest BCUT2D eigenvalue weighted by Gasteiger charge is 2.14. The highest BCUT2D eigenvalue weighted by atomic mass is 16.5. The largest absolute Gasteiger partial charge is 0.508 e. The molecule has 2 aromatic carbocycles. The van der Waals surface area contributed by atoms with Crippen molar-refractivity contribution in [1.29, 1.82) is 0 Å². The van der Waals surface area contributed by atoms with E-state index in [1.165, 1.54) is 6.07 Å². The van der Waals surface area contributed by atoms with E-state index < -0.39 is 5.63 Å². The van der Waals surface area contributed by atoms with Crippen molar-refractivity contribution >= 4 is 11.0 Å². The molecule has 0 amide bonds. The SMILES string of the molecule is CCCc1c(O)ccc2c(OCc3ccccc3)cc(=O)oc12. The second-order valence-electron chi connectivity index (χ2n) is 5.39. The predicted molar refractivity (Wildman–Crippen MR) is 88.9 cm³/mol. The van der Waals surface area contributed by atoms with Crippen LogP contribution in [-0.2, 0) is 13.0 Å². The lowest BCUT2D eigenvalue weighted by Gasteiger charge is -2.11. The molecule has 0 atom stereocenters. The molecule has 4 nitrogen and oxygen atoms in total. The van der Waals surface area contributed by atoms with Crippen LogP contribution in [0.3, 0.4) is 0 Å². The topological polar surface area (TPSA) is 59.7 Å². The summed E-state index contributed by atoms with van der Waals surface area (Å²) in [4.78, 5) is 11.9. The van der Waals surface area contributed by atoms with Gasteiger partial charge in [-0.05, 0) is 24.1 Å². The summed E-state index contributed by atoms with van der Waals surface area (Å²) in [6.45, 7) is 2.37. The first kappa shape index (κ1) is 15.2. The van der Waals surface area contributed by atoms with Gasteiger partial charge in [0.2, 0.25) is 0 Å². The minimum atomic E-state index is -0.483. The average Bonchev–Trinajstić information content (AvgIpc) is 2.56. The third-order valence-electron chi connectivity index (χ3n) is 3.69. The van der Waals surface area contributed by atoms with Gasteiger partial charge < -0.3 is 14.3 Å². The van der Waals surface area contributed by atoms with Crippen LogP contribution in [0.1, 0.15) is 24.5 Å². The standard InChI is InChI=1S/C19H18O4/c1-2-6-14-16(20)10-9-15-17(11-18(21)23-19(14)15)22-12-13-7-4-3-5-8-13/h3-5,7-11,20H,2,6,12H2,1H3. The second kappa shape index (κ2) is 6.57. The lowest BCUT2D eigenvalue weighted by atomic mass is 10.0. The van der Waals surface area contributed by atoms with Gasteiger partial charge in [0.15, 0.2) is 0 Å². The van der Waals surface area contributed by atoms with Gasteiger partial charge in [0.05, 0.1) is 11.5 Å². The van der Waals surface area contributed by atoms with Crippen LogP contribution >= 0.6 is 0 Å². The van der Waals surface area contributed by atoms with Crippen LogP contribution in [-0.4, -0.2) is 5.11 Å². The molecular formula is C19H18O4. The number of ether oxygens (including phenoxy) is 1. The highest BCUT2D eigenvalue weighted by Crippen LogP contribution is 2.32. The van der Waals surface area contributed by atoms with Gasteiger partial charge in [0, 0.05) is 5.56 Å². The molecule has 0 bridgehead atoms. The van der Waals surface area contributed by atoms with Crippen LogP contribution in [0, 0.1) is 0 Å². The van der Waals surface area contributed by atoms with E-state index in [1.54, 1.807) is 12.1 Å². The van der Waals surface area contributed by atoms with Gasteiger partial charge in [-0.25, -0.2) is 4.79 Å². The number of aryl methyl sites for hydroxylation is 1. The van der Waals surface area contributed by atoms with E-state index in [0.717, 1.165) is 12.0 Å². The Kier molecular flexibility index (Phi) is 4.33. The molecule has 0 saturated carbocycles. The van der Waals surface area contributed by atoms with E-state index in [1.807, 2.05) is 37.3 Å². The molecule has 118 valence electrons. The van der Waals surface area contributed by atoms with E-state index in [0.29, 0.717) is 35.3 Å². The second-order valence-corrected chi connectivity index (χ2v) is 5.39. The van der Waals surface area contributed by atoms with Crippen LogP contribution in [0.4, 0.5) is 0 Å². The van der Waals surface area contributed by atoms with Gasteiger partial charge in [0.1, 0.15) is 23.7 Å². The van der Waals surface area contributed by atoms with Crippen molar-refractivity contribution in [2.24, 2.45) is 0 Å². The predicted octanol–water partition coefficient (Wildman–Crippen LogP) is 4.03. The van der Waals surface area contributed by atoms with Crippen molar-refractivity contribution in [1.82, 2.24) is 0 Å². The van der Waals surface area contributed by atoms with Crippen LogP contribution in [0.25, 0.3) is 11.0 Å². The number of phenolic OH excluding ortho intramolecular Hbond substituents is 1. The van der Waals surface area contributed by atoms with Crippen molar-refractivity contribution in [3.8, 4) is 11.5 Å². The van der Waals surface area contributed by atoms with Gasteiger partial charge in [-0.2, -0.15) is 0 Å². The van der Waals surface area contributed by atoms with Gasteiger partial charge in [-0.3, -0.25) is 0 Å². The van der Waals surface area contributed by atoms with Gasteiger partial charge in [0.25, 0.3) is 0 Å². The lowest BCUT2D eigenvalue weighted by Crippen LogP contribution is -2.03. The molecule has 0 aliphatic carbocycles. The zero-order chi connectivity index (χ0) is 16.2. The van der Waals surface area contributed by atoms with Crippen LogP contribution in [0.15, 0.2) is 57.7 Å². The number of fused-ring (bicyclic) bond motifs is 1. The van der Waals surface area contributed by atoms with Crippen molar-refractivity contribution in [3.05, 3.63) is 70.1 Å². The normalized spacial score (nSPS) is 10.8. The van der Waals surface area contributed by atoms with Crippen LogP contribution in [0.2, 0.25) is 0 Å². The molecule has 3 aromatic rings. The van der Waals surface area contributed by atoms with E-state index in [4.69, 9.17) is 9.15 Å². The Morgan fingerprint density at radius 1 is 1.13 bits per heavy atom. The fourth-order valence-corrected chi connectivity index (χ4v) is 2.59. The Hall–Kier alpha value is -2.75. The number of phenols is 1. The molecule has 1 heterocycles. The molecule has 1 N–H and O–H groups in total. The number of hydrogen-bond donors (Lipinski definition) is 1. The van der Waals surface area contributed by atoms with Crippen molar-refractivity contribution in [2.75, 3.05) is 0 Å². The van der Waals surface area contributed by atoms with Gasteiger partial charge in [-0.15, -0.1) is 0 Å². The smallest absolute Gasteiger partial charge is 0.339 e. The lowest BCUT2D eigenvalue weighted by molar-refractivity contribution is 0.307. The quantitative estimate of drug-likeness (QED) is 0.723. The molecule has 0 radical (unpaired) electrons. The molecular weight excluding hydrogens is 292 g/mol. The Labute approximate surface area is 134 Å². The van der Waals surface area contributed by atoms with Crippen molar-refractivity contribution < 1.29 is 14.3 Å². The number of aromatic hydroxyl groups is 1. The van der Waals surface area contributed by atoms with Crippen LogP contribution in [0.5, 0.6) is 11.5 Å². The first-order chi connectivity index (χ1) is 11.2. The third kappa shape index (κ3) is 3.21. The maximum atomic E-state index is 11.9. The third-order valence-corrected chi connectivity index (χ3v) is 3.69. The fraction of sp³-hybridized carbons (Fsp3) is 0.211. The van der Waals surface area contributed by atoms with Crippen LogP contribution < -0.4 is 10.4 Å². The van der Waals surface area contributed by atoms with Crippen molar-refractivity contribution in [2.45, 2.75) is 26.4 Å². The summed E-state index contributed by atoms with van der Waals surface area (Å²) in [5, 5.41) is 10.7. The molecule has 0 aliphatic rings. The maximum absolute atomic E-state index is 11.9. The molecule has 1 aromatic heterocycles. The Bertz CT molecular complexity index is 866. The fourth-order valence-electron chi connectivity index (χ4n) is 2.59. The van der Waals surface area contributed by atoms with Gasteiger partial charge >= 0.3 is 5.63 Å². The molecule has 0 saturated heterocycles. The summed E-state index contributed by atoms with van der Waals surface area (Å²) in [6, 6.07) is 14.4. The summed E-state index contributed by atoms with van der Waals surface area (Å²) in [5.74, 6) is 0.611. The average molecular weight is 310 g/mol. The Balaban J connectivity index is 2.03. The molecule has 0 spiro atoms. The molecule has 0 aliphatic heterocycles. The van der Waals surface area contributed by atoms with Crippen molar-refractivity contribution in [3.63, 3.8) is 0 Å². The monoisotopic (exact) mass is 310 g/mol. The molecule has 23 heavy (non-hydrogen) atoms. The summed E-state index contributed by atoms with van der Waals surface area (Å²) >= 11 is 0. The van der Waals surface area contributed by atoms with Gasteiger partial charge in [-0.1, -0.05) is 43.7 Å². The summed E-state index contributed by atoms with van der Waals surface area (Å²) in [6.07, 6.45) is 1.47. The summed E-state index contributed by atoms with van der Waals surface area (Å²) in [5.41, 5.74) is 1.58. The van der Waals surface area contributed by atoms with E-state index >= 15 is 0 Å². The van der Waals surface area contributed by atoms with E-state index in [2.05, 4.69) is 0 Å². The first-order valence-corrected chi connectivity index (χ1v) is 7.64. The molecule has 0 unspecified atom stereocenters. The minimum Gasteiger partial charge on any atom is -0.508 e. The zero-order valence-electron chi connectivity index (χ0n) is 12.9. The first-order valence-electron chi connectivity index (χ1n) is 7.64. The maximum Gasteiger partial charge on any atom is 0.339 e. The molecule has 3 rings (SSSR count). The number of hydrogen-bond acceptors (Lipinski definition) is 4. The number of rotatable bonds is 5.